The molecule has 0 aliphatic heterocycles. The molecule has 0 aliphatic carbocycles. The van der Waals surface area contributed by atoms with Crippen molar-refractivity contribution in [3.8, 4) is 0 Å². The van der Waals surface area contributed by atoms with Gasteiger partial charge in [0, 0.05) is 15.6 Å². The molecule has 6 nitrogen and oxygen atoms in total. The fraction of sp³-hybridized carbons (Fsp3) is 0.250. The maximum absolute atomic E-state index is 11.8. The van der Waals surface area contributed by atoms with Crippen LogP contribution in [0, 0.1) is 3.57 Å². The van der Waals surface area contributed by atoms with E-state index in [9.17, 15) is 14.4 Å². The second-order valence-corrected chi connectivity index (χ2v) is 5.12. The van der Waals surface area contributed by atoms with Gasteiger partial charge in [0.15, 0.2) is 0 Å². The number of nitrogens with two attached hydrogens (primary N) is 1. The summed E-state index contributed by atoms with van der Waals surface area (Å²) in [4.78, 5) is 33.4. The summed E-state index contributed by atoms with van der Waals surface area (Å²) in [6, 6.07) is 5.57. The first kappa shape index (κ1) is 15.4. The molecule has 0 aromatic heterocycles. The normalized spacial score (nSPS) is 11.6. The van der Waals surface area contributed by atoms with Crippen LogP contribution < -0.4 is 11.1 Å². The smallest absolute Gasteiger partial charge is 0.326 e. The van der Waals surface area contributed by atoms with Gasteiger partial charge >= 0.3 is 5.97 Å². The molecule has 0 spiro atoms. The molecule has 0 radical (unpaired) electrons. The Balaban J connectivity index is 2.68. The van der Waals surface area contributed by atoms with Crippen LogP contribution in [0.4, 0.5) is 0 Å². The van der Waals surface area contributed by atoms with Crippen LogP contribution in [0.1, 0.15) is 23.2 Å². The average Bonchev–Trinajstić information content (AvgIpc) is 2.34. The summed E-state index contributed by atoms with van der Waals surface area (Å²) >= 11 is 2.10. The summed E-state index contributed by atoms with van der Waals surface area (Å²) in [5.74, 6) is -2.29. The lowest BCUT2D eigenvalue weighted by atomic mass is 10.1. The first-order valence-electron chi connectivity index (χ1n) is 5.47. The number of amides is 2. The number of rotatable bonds is 6. The number of primary amides is 1. The Morgan fingerprint density at radius 3 is 2.32 bits per heavy atom. The van der Waals surface area contributed by atoms with Crippen LogP contribution in [0.25, 0.3) is 0 Å². The van der Waals surface area contributed by atoms with Crippen LogP contribution in [0.2, 0.25) is 0 Å². The van der Waals surface area contributed by atoms with Gasteiger partial charge in [-0.1, -0.05) is 0 Å². The Morgan fingerprint density at radius 2 is 1.84 bits per heavy atom. The van der Waals surface area contributed by atoms with Gasteiger partial charge in [-0.2, -0.15) is 0 Å². The van der Waals surface area contributed by atoms with Gasteiger partial charge in [-0.05, 0) is 53.3 Å². The van der Waals surface area contributed by atoms with Crippen molar-refractivity contribution >= 4 is 40.4 Å². The molecule has 0 fully saturated rings. The predicted molar refractivity (Wildman–Crippen MR) is 76.5 cm³/mol. The molecule has 0 aliphatic rings. The highest BCUT2D eigenvalue weighted by molar-refractivity contribution is 14.1. The molecule has 0 unspecified atom stereocenters. The van der Waals surface area contributed by atoms with Crippen molar-refractivity contribution < 1.29 is 19.5 Å². The number of hydrogen-bond acceptors (Lipinski definition) is 3. The predicted octanol–water partition coefficient (Wildman–Crippen LogP) is 0.740. The molecule has 102 valence electrons. The Hall–Kier alpha value is -1.64. The first-order chi connectivity index (χ1) is 8.90. The molecule has 19 heavy (non-hydrogen) atoms. The molecule has 0 heterocycles. The van der Waals surface area contributed by atoms with Gasteiger partial charge in [0.2, 0.25) is 5.91 Å². The third-order valence-corrected chi connectivity index (χ3v) is 3.11. The minimum Gasteiger partial charge on any atom is -0.480 e. The summed E-state index contributed by atoms with van der Waals surface area (Å²) in [5, 5.41) is 11.3. The molecule has 0 saturated carbocycles. The molecule has 7 heteroatoms. The second kappa shape index (κ2) is 7.07. The van der Waals surface area contributed by atoms with E-state index in [4.69, 9.17) is 10.8 Å². The molecule has 1 aromatic rings. The monoisotopic (exact) mass is 376 g/mol. The number of aliphatic carboxylic acids is 1. The highest BCUT2D eigenvalue weighted by atomic mass is 127. The second-order valence-electron chi connectivity index (χ2n) is 3.88. The van der Waals surface area contributed by atoms with Crippen molar-refractivity contribution in [2.75, 3.05) is 0 Å². The summed E-state index contributed by atoms with van der Waals surface area (Å²) in [6.45, 7) is 0. The van der Waals surface area contributed by atoms with Gasteiger partial charge in [-0.15, -0.1) is 0 Å². The Labute approximate surface area is 123 Å². The number of carboxylic acids is 1. The van der Waals surface area contributed by atoms with E-state index in [1.807, 2.05) is 0 Å². The zero-order valence-electron chi connectivity index (χ0n) is 9.93. The highest BCUT2D eigenvalue weighted by Gasteiger charge is 2.21. The standard InChI is InChI=1S/C12H13IN2O4/c13-8-3-1-7(2-4-8)11(17)15-9(12(18)19)5-6-10(14)16/h1-4,9H,5-6H2,(H2,14,16)(H,15,17)(H,18,19)/t9-/m1/s1. The quantitative estimate of drug-likeness (QED) is 0.637. The number of hydrogen-bond donors (Lipinski definition) is 3. The zero-order chi connectivity index (χ0) is 14.4. The van der Waals surface area contributed by atoms with Crippen LogP contribution in [0.15, 0.2) is 24.3 Å². The third kappa shape index (κ3) is 5.25. The third-order valence-electron chi connectivity index (χ3n) is 2.39. The lowest BCUT2D eigenvalue weighted by Gasteiger charge is -2.13. The summed E-state index contributed by atoms with van der Waals surface area (Å²) in [7, 11) is 0. The van der Waals surface area contributed by atoms with E-state index in [-0.39, 0.29) is 12.8 Å². The number of benzene rings is 1. The van der Waals surface area contributed by atoms with E-state index in [0.717, 1.165) is 3.57 Å². The van der Waals surface area contributed by atoms with Crippen molar-refractivity contribution in [3.05, 3.63) is 33.4 Å². The Bertz CT molecular complexity index is 487. The van der Waals surface area contributed by atoms with Crippen LogP contribution in [-0.2, 0) is 9.59 Å². The maximum atomic E-state index is 11.8. The molecular formula is C12H13IN2O4. The van der Waals surface area contributed by atoms with E-state index in [0.29, 0.717) is 5.56 Å². The molecule has 4 N–H and O–H groups in total. The van der Waals surface area contributed by atoms with Crippen LogP contribution in [0.5, 0.6) is 0 Å². The van der Waals surface area contributed by atoms with Gasteiger partial charge in [0.05, 0.1) is 0 Å². The van der Waals surface area contributed by atoms with Gasteiger partial charge < -0.3 is 16.2 Å². The van der Waals surface area contributed by atoms with Crippen molar-refractivity contribution in [1.82, 2.24) is 5.32 Å². The fourth-order valence-corrected chi connectivity index (χ4v) is 1.75. The minimum atomic E-state index is -1.19. The number of nitrogens with one attached hydrogen (secondary N) is 1. The van der Waals surface area contributed by atoms with Gasteiger partial charge in [0.1, 0.15) is 6.04 Å². The summed E-state index contributed by atoms with van der Waals surface area (Å²) < 4.78 is 0.970. The van der Waals surface area contributed by atoms with Crippen LogP contribution in [-0.4, -0.2) is 28.9 Å². The lowest BCUT2D eigenvalue weighted by molar-refractivity contribution is -0.139. The van der Waals surface area contributed by atoms with Gasteiger partial charge in [-0.25, -0.2) is 4.79 Å². The molecule has 0 saturated heterocycles. The number of carbonyl (C=O) groups is 3. The molecule has 1 aromatic carbocycles. The zero-order valence-corrected chi connectivity index (χ0v) is 12.1. The van der Waals surface area contributed by atoms with Crippen LogP contribution in [0.3, 0.4) is 0 Å². The summed E-state index contributed by atoms with van der Waals surface area (Å²) in [6.07, 6.45) is -0.120. The lowest BCUT2D eigenvalue weighted by Crippen LogP contribution is -2.41. The topological polar surface area (TPSA) is 109 Å². The summed E-state index contributed by atoms with van der Waals surface area (Å²) in [5.41, 5.74) is 5.32. The molecular weight excluding hydrogens is 363 g/mol. The van der Waals surface area contributed by atoms with Crippen LogP contribution >= 0.6 is 22.6 Å². The highest BCUT2D eigenvalue weighted by Crippen LogP contribution is 2.07. The van der Waals surface area contributed by atoms with Gasteiger partial charge in [0.25, 0.3) is 5.91 Å². The Kier molecular flexibility index (Phi) is 5.74. The Morgan fingerprint density at radius 1 is 1.26 bits per heavy atom. The van der Waals surface area contributed by atoms with E-state index in [2.05, 4.69) is 27.9 Å². The molecule has 0 bridgehead atoms. The first-order valence-corrected chi connectivity index (χ1v) is 6.55. The van der Waals surface area contributed by atoms with Crippen molar-refractivity contribution in [2.24, 2.45) is 5.73 Å². The van der Waals surface area contributed by atoms with E-state index in [1.165, 1.54) is 0 Å². The largest absolute Gasteiger partial charge is 0.480 e. The number of carbonyl (C=O) groups excluding carboxylic acids is 2. The van der Waals surface area contributed by atoms with Gasteiger partial charge in [-0.3, -0.25) is 9.59 Å². The minimum absolute atomic E-state index is 0.0270. The number of halogens is 1. The van der Waals surface area contributed by atoms with E-state index in [1.54, 1.807) is 24.3 Å². The molecule has 1 rings (SSSR count). The van der Waals surface area contributed by atoms with E-state index >= 15 is 0 Å². The van der Waals surface area contributed by atoms with Crippen molar-refractivity contribution in [3.63, 3.8) is 0 Å². The van der Waals surface area contributed by atoms with E-state index < -0.39 is 23.8 Å². The fourth-order valence-electron chi connectivity index (χ4n) is 1.39. The molecule has 1 atom stereocenters. The SMILES string of the molecule is NC(=O)CC[C@@H](NC(=O)c1ccc(I)cc1)C(=O)O. The van der Waals surface area contributed by atoms with Crippen molar-refractivity contribution in [1.29, 1.82) is 0 Å². The average molecular weight is 376 g/mol. The number of carboxylic acid groups (broad SMARTS) is 1. The molecule has 2 amide bonds. The van der Waals surface area contributed by atoms with Crippen molar-refractivity contribution in [2.45, 2.75) is 18.9 Å². The maximum Gasteiger partial charge on any atom is 0.326 e.